The van der Waals surface area contributed by atoms with Gasteiger partial charge < -0.3 is 24.3 Å². The number of anilines is 1. The number of hydrogen-bond donors (Lipinski definition) is 1. The summed E-state index contributed by atoms with van der Waals surface area (Å²) in [6, 6.07) is 8.58. The molecule has 2 aliphatic heterocycles. The minimum Gasteiger partial charge on any atom is -0.497 e. The number of nitrogens with one attached hydrogen (secondary N) is 1. The molecule has 1 N–H and O–H groups in total. The molecule has 3 heterocycles. The molecule has 2 atom stereocenters. The Morgan fingerprint density at radius 3 is 2.84 bits per heavy atom. The molecule has 0 radical (unpaired) electrons. The Balaban J connectivity index is 1.31. The number of aromatic nitrogens is 1. The molecule has 0 saturated carbocycles. The van der Waals surface area contributed by atoms with Gasteiger partial charge in [0.25, 0.3) is 5.91 Å². The van der Waals surface area contributed by atoms with Gasteiger partial charge in [-0.3, -0.25) is 9.69 Å². The maximum absolute atomic E-state index is 12.5. The maximum Gasteiger partial charge on any atom is 0.414 e. The first-order chi connectivity index (χ1) is 15.0. The average Bonchev–Trinajstić information content (AvgIpc) is 3.43. The number of cyclic esters (lactones) is 1. The van der Waals surface area contributed by atoms with Crippen molar-refractivity contribution >= 4 is 29.3 Å². The first kappa shape index (κ1) is 21.2. The highest BCUT2D eigenvalue weighted by Gasteiger charge is 2.32. The SMILES string of the molecule is COc1ccc(N2CC(CNC(=O)c3cnc(OC4CCOC4)c(Cl)c3)OC2=O)cc1. The molecule has 2 fully saturated rings. The zero-order chi connectivity index (χ0) is 21.8. The van der Waals surface area contributed by atoms with Crippen molar-refractivity contribution in [2.75, 3.05) is 38.3 Å². The van der Waals surface area contributed by atoms with E-state index in [2.05, 4.69) is 10.3 Å². The summed E-state index contributed by atoms with van der Waals surface area (Å²) in [6.07, 6.45) is 1.14. The van der Waals surface area contributed by atoms with E-state index in [0.717, 1.165) is 6.42 Å². The number of benzene rings is 1. The van der Waals surface area contributed by atoms with Crippen molar-refractivity contribution in [1.82, 2.24) is 10.3 Å². The lowest BCUT2D eigenvalue weighted by molar-refractivity contribution is 0.0915. The summed E-state index contributed by atoms with van der Waals surface area (Å²) < 4.78 is 21.4. The van der Waals surface area contributed by atoms with Crippen LogP contribution in [0, 0.1) is 0 Å². The molecule has 4 rings (SSSR count). The number of methoxy groups -OCH3 is 1. The minimum atomic E-state index is -0.480. The van der Waals surface area contributed by atoms with Gasteiger partial charge in [0, 0.05) is 18.3 Å². The van der Waals surface area contributed by atoms with Crippen LogP contribution in [-0.2, 0) is 9.47 Å². The summed E-state index contributed by atoms with van der Waals surface area (Å²) in [5, 5.41) is 3.00. The van der Waals surface area contributed by atoms with Crippen LogP contribution in [0.1, 0.15) is 16.8 Å². The van der Waals surface area contributed by atoms with Crippen molar-refractivity contribution in [3.63, 3.8) is 0 Å². The monoisotopic (exact) mass is 447 g/mol. The smallest absolute Gasteiger partial charge is 0.414 e. The number of nitrogens with zero attached hydrogens (tertiary/aromatic N) is 2. The number of carbonyl (C=O) groups excluding carboxylic acids is 2. The van der Waals surface area contributed by atoms with Crippen molar-refractivity contribution in [3.8, 4) is 11.6 Å². The average molecular weight is 448 g/mol. The Bertz CT molecular complexity index is 949. The van der Waals surface area contributed by atoms with Gasteiger partial charge in [0.05, 0.1) is 39.0 Å². The zero-order valence-electron chi connectivity index (χ0n) is 16.9. The van der Waals surface area contributed by atoms with Crippen molar-refractivity contribution < 1.29 is 28.5 Å². The molecule has 10 heteroatoms. The van der Waals surface area contributed by atoms with Crippen LogP contribution in [-0.4, -0.2) is 62.6 Å². The van der Waals surface area contributed by atoms with Gasteiger partial charge in [-0.1, -0.05) is 11.6 Å². The van der Waals surface area contributed by atoms with Gasteiger partial charge in [-0.2, -0.15) is 0 Å². The molecular formula is C21H22ClN3O6. The standard InChI is InChI=1S/C21H22ClN3O6/c1-28-15-4-2-14(3-5-15)25-11-17(31-21(25)27)10-23-19(26)13-8-18(22)20(24-9-13)30-16-6-7-29-12-16/h2-5,8-9,16-17H,6-7,10-12H2,1H3,(H,23,26). The van der Waals surface area contributed by atoms with Crippen LogP contribution in [0.4, 0.5) is 10.5 Å². The number of halogens is 1. The molecule has 2 saturated heterocycles. The molecule has 0 aliphatic carbocycles. The molecule has 2 aliphatic rings. The highest BCUT2D eigenvalue weighted by atomic mass is 35.5. The third-order valence-electron chi connectivity index (χ3n) is 4.98. The number of carbonyl (C=O) groups is 2. The predicted octanol–water partition coefficient (Wildman–Crippen LogP) is 2.67. The van der Waals surface area contributed by atoms with E-state index in [4.69, 9.17) is 30.5 Å². The summed E-state index contributed by atoms with van der Waals surface area (Å²) in [6.45, 7) is 1.62. The molecular weight excluding hydrogens is 426 g/mol. The lowest BCUT2D eigenvalue weighted by atomic mass is 10.2. The number of ether oxygens (including phenoxy) is 4. The van der Waals surface area contributed by atoms with E-state index in [1.54, 1.807) is 31.4 Å². The highest BCUT2D eigenvalue weighted by molar-refractivity contribution is 6.32. The van der Waals surface area contributed by atoms with Crippen LogP contribution >= 0.6 is 11.6 Å². The number of rotatable bonds is 7. The molecule has 0 spiro atoms. The molecule has 2 amide bonds. The normalized spacial score (nSPS) is 20.5. The molecule has 31 heavy (non-hydrogen) atoms. The number of amides is 2. The quantitative estimate of drug-likeness (QED) is 0.696. The molecule has 0 bridgehead atoms. The summed E-state index contributed by atoms with van der Waals surface area (Å²) in [5.41, 5.74) is 0.982. The van der Waals surface area contributed by atoms with Crippen molar-refractivity contribution in [2.45, 2.75) is 18.6 Å². The first-order valence-corrected chi connectivity index (χ1v) is 10.2. The second-order valence-corrected chi connectivity index (χ2v) is 7.55. The van der Waals surface area contributed by atoms with Crippen LogP contribution in [0.3, 0.4) is 0 Å². The fourth-order valence-electron chi connectivity index (χ4n) is 3.31. The topological polar surface area (TPSA) is 99.2 Å². The fourth-order valence-corrected chi connectivity index (χ4v) is 3.52. The minimum absolute atomic E-state index is 0.0876. The largest absolute Gasteiger partial charge is 0.497 e. The Kier molecular flexibility index (Phi) is 6.43. The second-order valence-electron chi connectivity index (χ2n) is 7.14. The predicted molar refractivity (Wildman–Crippen MR) is 112 cm³/mol. The zero-order valence-corrected chi connectivity index (χ0v) is 17.6. The molecule has 1 aromatic heterocycles. The maximum atomic E-state index is 12.5. The molecule has 164 valence electrons. The van der Waals surface area contributed by atoms with Crippen LogP contribution in [0.2, 0.25) is 5.02 Å². The van der Waals surface area contributed by atoms with Crippen molar-refractivity contribution in [2.24, 2.45) is 0 Å². The Morgan fingerprint density at radius 2 is 2.16 bits per heavy atom. The van der Waals surface area contributed by atoms with Gasteiger partial charge in [0.15, 0.2) is 0 Å². The highest BCUT2D eigenvalue weighted by Crippen LogP contribution is 2.26. The van der Waals surface area contributed by atoms with E-state index in [1.807, 2.05) is 0 Å². The van der Waals surface area contributed by atoms with Gasteiger partial charge in [-0.25, -0.2) is 9.78 Å². The molecule has 1 aromatic carbocycles. The Labute approximate surface area is 184 Å². The van der Waals surface area contributed by atoms with E-state index in [1.165, 1.54) is 17.2 Å². The van der Waals surface area contributed by atoms with Gasteiger partial charge >= 0.3 is 6.09 Å². The lowest BCUT2D eigenvalue weighted by Gasteiger charge is -2.14. The summed E-state index contributed by atoms with van der Waals surface area (Å²) in [7, 11) is 1.58. The Hall–Kier alpha value is -3.04. The van der Waals surface area contributed by atoms with E-state index in [9.17, 15) is 9.59 Å². The van der Waals surface area contributed by atoms with Crippen LogP contribution in [0.25, 0.3) is 0 Å². The van der Waals surface area contributed by atoms with E-state index >= 15 is 0 Å². The van der Waals surface area contributed by atoms with Gasteiger partial charge in [-0.05, 0) is 30.3 Å². The van der Waals surface area contributed by atoms with E-state index in [0.29, 0.717) is 31.2 Å². The van der Waals surface area contributed by atoms with Gasteiger partial charge in [0.1, 0.15) is 23.0 Å². The van der Waals surface area contributed by atoms with Crippen LogP contribution in [0.15, 0.2) is 36.5 Å². The van der Waals surface area contributed by atoms with Gasteiger partial charge in [-0.15, -0.1) is 0 Å². The van der Waals surface area contributed by atoms with Crippen molar-refractivity contribution in [3.05, 3.63) is 47.1 Å². The third-order valence-corrected chi connectivity index (χ3v) is 5.26. The van der Waals surface area contributed by atoms with Crippen molar-refractivity contribution in [1.29, 1.82) is 0 Å². The molecule has 2 unspecified atom stereocenters. The van der Waals surface area contributed by atoms with Crippen LogP contribution in [0.5, 0.6) is 11.6 Å². The molecule has 2 aromatic rings. The van der Waals surface area contributed by atoms with Crippen LogP contribution < -0.4 is 19.7 Å². The van der Waals surface area contributed by atoms with Gasteiger partial charge in [0.2, 0.25) is 5.88 Å². The van der Waals surface area contributed by atoms with E-state index < -0.39 is 12.2 Å². The summed E-state index contributed by atoms with van der Waals surface area (Å²) in [4.78, 5) is 30.3. The lowest BCUT2D eigenvalue weighted by Crippen LogP contribution is -2.34. The fraction of sp³-hybridized carbons (Fsp3) is 0.381. The Morgan fingerprint density at radius 1 is 1.35 bits per heavy atom. The van der Waals surface area contributed by atoms with E-state index in [-0.39, 0.29) is 35.0 Å². The summed E-state index contributed by atoms with van der Waals surface area (Å²) >= 11 is 6.21. The number of hydrogen-bond acceptors (Lipinski definition) is 7. The first-order valence-electron chi connectivity index (χ1n) is 9.84. The second kappa shape index (κ2) is 9.40. The summed E-state index contributed by atoms with van der Waals surface area (Å²) in [5.74, 6) is 0.595. The number of pyridine rings is 1. The third kappa shape index (κ3) is 5.00. The molecule has 9 nitrogen and oxygen atoms in total.